The molecular formula is C12H14N2O4. The van der Waals surface area contributed by atoms with Crippen LogP contribution < -0.4 is 9.47 Å². The monoisotopic (exact) mass is 250 g/mol. The minimum Gasteiger partial charge on any atom is -0.497 e. The summed E-state index contributed by atoms with van der Waals surface area (Å²) < 4.78 is 10.3. The first-order valence-corrected chi connectivity index (χ1v) is 5.20. The molecule has 0 heterocycles. The highest BCUT2D eigenvalue weighted by molar-refractivity contribution is 5.79. The van der Waals surface area contributed by atoms with Gasteiger partial charge in [-0.3, -0.25) is 10.0 Å². The average molecular weight is 250 g/mol. The van der Waals surface area contributed by atoms with Gasteiger partial charge in [0, 0.05) is 13.1 Å². The number of carbonyl (C=O) groups is 1. The van der Waals surface area contributed by atoms with Crippen molar-refractivity contribution in [2.45, 2.75) is 13.0 Å². The zero-order chi connectivity index (χ0) is 13.7. The van der Waals surface area contributed by atoms with Gasteiger partial charge in [-0.15, -0.1) is 0 Å². The van der Waals surface area contributed by atoms with E-state index in [1.54, 1.807) is 12.1 Å². The lowest BCUT2D eigenvalue weighted by Gasteiger charge is -2.17. The highest BCUT2D eigenvalue weighted by atomic mass is 16.5. The first-order chi connectivity index (χ1) is 8.49. The van der Waals surface area contributed by atoms with E-state index in [2.05, 4.69) is 0 Å². The maximum Gasteiger partial charge on any atom is 0.286 e. The molecule has 0 aliphatic rings. The normalized spacial score (nSPS) is 11.3. The van der Waals surface area contributed by atoms with E-state index < -0.39 is 12.0 Å². The Kier molecular flexibility index (Phi) is 4.52. The van der Waals surface area contributed by atoms with Crippen LogP contribution in [0.1, 0.15) is 12.5 Å². The van der Waals surface area contributed by atoms with Crippen molar-refractivity contribution in [1.82, 2.24) is 5.06 Å². The van der Waals surface area contributed by atoms with E-state index in [0.29, 0.717) is 10.8 Å². The summed E-state index contributed by atoms with van der Waals surface area (Å²) in [6.45, 7) is 1.49. The van der Waals surface area contributed by atoms with Gasteiger partial charge in [-0.1, -0.05) is 0 Å². The molecule has 1 aromatic rings. The lowest BCUT2D eigenvalue weighted by atomic mass is 10.2. The number of rotatable bonds is 4. The lowest BCUT2D eigenvalue weighted by molar-refractivity contribution is -0.166. The molecule has 18 heavy (non-hydrogen) atoms. The van der Waals surface area contributed by atoms with Crippen LogP contribution in [0.5, 0.6) is 11.5 Å². The summed E-state index contributed by atoms with van der Waals surface area (Å²) in [5.41, 5.74) is 0.259. The highest BCUT2D eigenvalue weighted by Gasteiger charge is 2.19. The molecule has 0 aliphatic carbocycles. The molecule has 6 heteroatoms. The van der Waals surface area contributed by atoms with Crippen LogP contribution in [-0.2, 0) is 4.79 Å². The van der Waals surface area contributed by atoms with Gasteiger partial charge in [-0.25, -0.2) is 5.06 Å². The third-order valence-corrected chi connectivity index (χ3v) is 2.28. The van der Waals surface area contributed by atoms with E-state index in [-0.39, 0.29) is 11.3 Å². The second kappa shape index (κ2) is 5.89. The quantitative estimate of drug-likeness (QED) is 0.641. The zero-order valence-electron chi connectivity index (χ0n) is 10.4. The molecule has 0 aliphatic heterocycles. The number of methoxy groups -OCH3 is 1. The van der Waals surface area contributed by atoms with Gasteiger partial charge in [0.25, 0.3) is 5.91 Å². The number of ether oxygens (including phenoxy) is 2. The number of benzene rings is 1. The van der Waals surface area contributed by atoms with Crippen molar-refractivity contribution >= 4 is 5.91 Å². The second-order valence-corrected chi connectivity index (χ2v) is 3.60. The Morgan fingerprint density at radius 1 is 1.56 bits per heavy atom. The van der Waals surface area contributed by atoms with Gasteiger partial charge in [-0.2, -0.15) is 5.26 Å². The molecule has 1 atom stereocenters. The number of nitriles is 1. The summed E-state index contributed by atoms with van der Waals surface area (Å²) in [6.07, 6.45) is -0.888. The van der Waals surface area contributed by atoms with Gasteiger partial charge in [0.1, 0.15) is 17.6 Å². The van der Waals surface area contributed by atoms with Crippen LogP contribution in [0.3, 0.4) is 0 Å². The third-order valence-electron chi connectivity index (χ3n) is 2.28. The van der Waals surface area contributed by atoms with Crippen molar-refractivity contribution in [3.8, 4) is 17.6 Å². The summed E-state index contributed by atoms with van der Waals surface area (Å²) in [6, 6.07) is 6.62. The number of likely N-dealkylation sites (N-methyl/N-ethyl adjacent to an activating group) is 1. The van der Waals surface area contributed by atoms with Gasteiger partial charge in [-0.05, 0) is 19.1 Å². The summed E-state index contributed by atoms with van der Waals surface area (Å²) >= 11 is 0. The topological polar surface area (TPSA) is 82.8 Å². The minimum absolute atomic E-state index is 0.259. The fourth-order valence-corrected chi connectivity index (χ4v) is 1.33. The molecule has 0 saturated carbocycles. The number of hydrogen-bond acceptors (Lipinski definition) is 5. The Morgan fingerprint density at radius 3 is 2.72 bits per heavy atom. The van der Waals surface area contributed by atoms with E-state index in [0.717, 1.165) is 0 Å². The van der Waals surface area contributed by atoms with E-state index in [1.165, 1.54) is 27.1 Å². The summed E-state index contributed by atoms with van der Waals surface area (Å²) in [4.78, 5) is 11.4. The van der Waals surface area contributed by atoms with Gasteiger partial charge in [0.05, 0.1) is 12.7 Å². The van der Waals surface area contributed by atoms with Crippen LogP contribution in [0.15, 0.2) is 18.2 Å². The van der Waals surface area contributed by atoms with Crippen molar-refractivity contribution in [3.63, 3.8) is 0 Å². The largest absolute Gasteiger partial charge is 0.497 e. The van der Waals surface area contributed by atoms with Gasteiger partial charge in [0.15, 0.2) is 6.10 Å². The predicted molar refractivity (Wildman–Crippen MR) is 62.4 cm³/mol. The minimum atomic E-state index is -0.888. The fourth-order valence-electron chi connectivity index (χ4n) is 1.33. The van der Waals surface area contributed by atoms with Crippen LogP contribution in [0.25, 0.3) is 0 Å². The van der Waals surface area contributed by atoms with Crippen LogP contribution in [0.4, 0.5) is 0 Å². The first kappa shape index (κ1) is 13.8. The Bertz CT molecular complexity index is 479. The van der Waals surface area contributed by atoms with E-state index in [4.69, 9.17) is 19.9 Å². The average Bonchev–Trinajstić information content (AvgIpc) is 2.37. The fraction of sp³-hybridized carbons (Fsp3) is 0.333. The molecule has 1 N–H and O–H groups in total. The van der Waals surface area contributed by atoms with Crippen LogP contribution in [-0.4, -0.2) is 36.4 Å². The van der Waals surface area contributed by atoms with E-state index >= 15 is 0 Å². The molecule has 0 bridgehead atoms. The van der Waals surface area contributed by atoms with E-state index in [9.17, 15) is 4.79 Å². The van der Waals surface area contributed by atoms with Crippen molar-refractivity contribution in [2.24, 2.45) is 0 Å². The van der Waals surface area contributed by atoms with Crippen molar-refractivity contribution < 1.29 is 19.5 Å². The second-order valence-electron chi connectivity index (χ2n) is 3.60. The molecule has 96 valence electrons. The van der Waals surface area contributed by atoms with Crippen molar-refractivity contribution in [1.29, 1.82) is 5.26 Å². The van der Waals surface area contributed by atoms with Crippen molar-refractivity contribution in [2.75, 3.05) is 14.2 Å². The Balaban J connectivity index is 2.91. The predicted octanol–water partition coefficient (Wildman–Crippen LogP) is 1.18. The molecular weight excluding hydrogens is 236 g/mol. The highest BCUT2D eigenvalue weighted by Crippen LogP contribution is 2.24. The summed E-state index contributed by atoms with van der Waals surface area (Å²) in [5, 5.41) is 18.4. The van der Waals surface area contributed by atoms with Crippen molar-refractivity contribution in [3.05, 3.63) is 23.8 Å². The number of hydroxylamine groups is 2. The number of amides is 1. The number of nitrogens with zero attached hydrogens (tertiary/aromatic N) is 2. The number of hydrogen-bond donors (Lipinski definition) is 1. The standard InChI is InChI=1S/C12H14N2O4/c1-8(12(15)14(2)16)18-11-5-4-10(17-3)6-9(11)7-13/h4-6,8,16H,1-3H3. The molecule has 0 aromatic heterocycles. The molecule has 6 nitrogen and oxygen atoms in total. The van der Waals surface area contributed by atoms with Gasteiger partial charge in [0.2, 0.25) is 0 Å². The van der Waals surface area contributed by atoms with Gasteiger partial charge < -0.3 is 9.47 Å². The molecule has 1 amide bonds. The molecule has 0 radical (unpaired) electrons. The summed E-state index contributed by atoms with van der Waals surface area (Å²) in [5.74, 6) is 0.188. The van der Waals surface area contributed by atoms with Crippen LogP contribution in [0, 0.1) is 11.3 Å². The maximum atomic E-state index is 11.4. The Hall–Kier alpha value is -2.26. The zero-order valence-corrected chi connectivity index (χ0v) is 10.4. The lowest BCUT2D eigenvalue weighted by Crippen LogP contribution is -2.35. The molecule has 1 unspecified atom stereocenters. The third kappa shape index (κ3) is 3.12. The SMILES string of the molecule is COc1ccc(OC(C)C(=O)N(C)O)c(C#N)c1. The number of carbonyl (C=O) groups excluding carboxylic acids is 1. The van der Waals surface area contributed by atoms with Crippen LogP contribution in [0.2, 0.25) is 0 Å². The van der Waals surface area contributed by atoms with Crippen LogP contribution >= 0.6 is 0 Å². The first-order valence-electron chi connectivity index (χ1n) is 5.20. The summed E-state index contributed by atoms with van der Waals surface area (Å²) in [7, 11) is 2.70. The Morgan fingerprint density at radius 2 is 2.22 bits per heavy atom. The molecule has 0 spiro atoms. The Labute approximate surface area is 105 Å². The van der Waals surface area contributed by atoms with E-state index in [1.807, 2.05) is 6.07 Å². The molecule has 1 rings (SSSR count). The molecule has 0 fully saturated rings. The molecule has 0 saturated heterocycles. The molecule has 1 aromatic carbocycles. The van der Waals surface area contributed by atoms with Gasteiger partial charge >= 0.3 is 0 Å². The maximum absolute atomic E-state index is 11.4. The smallest absolute Gasteiger partial charge is 0.286 e.